The Bertz CT molecular complexity index is 1630. The number of amides is 1. The lowest BCUT2D eigenvalue weighted by Gasteiger charge is -2.17. The summed E-state index contributed by atoms with van der Waals surface area (Å²) in [5.74, 6) is -1.02. The lowest BCUT2D eigenvalue weighted by atomic mass is 10.1. The zero-order chi connectivity index (χ0) is 34.1. The quantitative estimate of drug-likeness (QED) is 0.0637. The number of nitrogens with zero attached hydrogens (tertiary/aromatic N) is 5. The van der Waals surface area contributed by atoms with Gasteiger partial charge in [-0.25, -0.2) is 22.6 Å². The van der Waals surface area contributed by atoms with Crippen molar-refractivity contribution in [3.05, 3.63) is 71.1 Å². The molecule has 0 fully saturated rings. The third-order valence-corrected chi connectivity index (χ3v) is 7.32. The molecule has 1 amide bonds. The summed E-state index contributed by atoms with van der Waals surface area (Å²) < 4.78 is 78.1. The highest BCUT2D eigenvalue weighted by Crippen LogP contribution is 2.33. The third-order valence-electron chi connectivity index (χ3n) is 5.99. The summed E-state index contributed by atoms with van der Waals surface area (Å²) in [7, 11) is -4.49. The van der Waals surface area contributed by atoms with Crippen molar-refractivity contribution in [2.75, 3.05) is 33.1 Å². The molecule has 2 N–H and O–H groups in total. The Kier molecular flexibility index (Phi) is 11.9. The van der Waals surface area contributed by atoms with Gasteiger partial charge >= 0.3 is 18.2 Å². The Morgan fingerprint density at radius 2 is 1.76 bits per heavy atom. The van der Waals surface area contributed by atoms with Gasteiger partial charge in [-0.15, -0.1) is 5.01 Å². The summed E-state index contributed by atoms with van der Waals surface area (Å²) in [6, 6.07) is 12.2. The minimum Gasteiger partial charge on any atom is -0.569 e. The average Bonchev–Trinajstić information content (AvgIpc) is 3.45. The molecule has 3 aromatic rings. The van der Waals surface area contributed by atoms with E-state index in [1.54, 1.807) is 42.8 Å². The van der Waals surface area contributed by atoms with Crippen LogP contribution >= 0.6 is 0 Å². The number of hydrogen-bond acceptors (Lipinski definition) is 11. The zero-order valence-electron chi connectivity index (χ0n) is 24.8. The van der Waals surface area contributed by atoms with Gasteiger partial charge in [-0.1, -0.05) is 43.7 Å². The standard InChI is InChI=1S/C27H31F3N6O9S/c1-18(2)25(38)44-17-45-33-36(40)34(12-14-37)13-15-43-26(39)32-46(41,42)22-10-8-21(9-11-22)35-23(16-24(31-35)27(28,29)30)20-6-4-19(3)5-7-20/h4-11,16,18,37H,12-15,17H2,1-3H3,(H,32,39). The maximum Gasteiger partial charge on any atom is 0.435 e. The maximum atomic E-state index is 13.5. The van der Waals surface area contributed by atoms with Gasteiger partial charge < -0.3 is 24.6 Å². The summed E-state index contributed by atoms with van der Waals surface area (Å²) >= 11 is 0. The van der Waals surface area contributed by atoms with Crippen LogP contribution < -0.4 is 4.72 Å². The molecule has 0 saturated carbocycles. The van der Waals surface area contributed by atoms with Crippen molar-refractivity contribution in [2.24, 2.45) is 11.2 Å². The van der Waals surface area contributed by atoms with Gasteiger partial charge in [-0.3, -0.25) is 4.79 Å². The molecule has 0 radical (unpaired) electrons. The fraction of sp³-hybridized carbons (Fsp3) is 0.370. The van der Waals surface area contributed by atoms with Crippen molar-refractivity contribution in [1.29, 1.82) is 0 Å². The summed E-state index contributed by atoms with van der Waals surface area (Å²) in [5, 5.41) is 28.9. The SMILES string of the molecule is Cc1ccc(-c2cc(C(F)(F)F)nn2-c2ccc(S(=O)(=O)NC(=O)OCCN(CCO)[N+]([O-])=NOCOC(=O)C(C)C)cc2)cc1. The van der Waals surface area contributed by atoms with Crippen molar-refractivity contribution < 1.29 is 55.6 Å². The number of aliphatic hydroxyl groups excluding tert-OH is 1. The fourth-order valence-corrected chi connectivity index (χ4v) is 4.52. The second-order valence-electron chi connectivity index (χ2n) is 9.80. The number of carbonyl (C=O) groups is 2. The summed E-state index contributed by atoms with van der Waals surface area (Å²) in [6.45, 7) is 2.69. The summed E-state index contributed by atoms with van der Waals surface area (Å²) in [4.78, 5) is 27.7. The number of esters is 1. The number of hydrazine groups is 1. The summed E-state index contributed by atoms with van der Waals surface area (Å²) in [5.41, 5.74) is 0.428. The maximum absolute atomic E-state index is 13.5. The van der Waals surface area contributed by atoms with E-state index >= 15 is 0 Å². The molecule has 0 unspecified atom stereocenters. The predicted octanol–water partition coefficient (Wildman–Crippen LogP) is 3.54. The van der Waals surface area contributed by atoms with E-state index in [1.165, 1.54) is 12.1 Å². The molecule has 15 nitrogen and oxygen atoms in total. The number of halogens is 3. The lowest BCUT2D eigenvalue weighted by molar-refractivity contribution is -0.712. The number of benzene rings is 2. The number of alkyl halides is 3. The molecule has 0 aliphatic heterocycles. The van der Waals surface area contributed by atoms with Crippen molar-refractivity contribution in [3.63, 3.8) is 0 Å². The van der Waals surface area contributed by atoms with Crippen molar-refractivity contribution in [3.8, 4) is 16.9 Å². The highest BCUT2D eigenvalue weighted by molar-refractivity contribution is 7.90. The molecular formula is C27H31F3N6O9S. The lowest BCUT2D eigenvalue weighted by Crippen LogP contribution is -2.38. The minimum atomic E-state index is -4.73. The molecule has 3 rings (SSSR count). The molecule has 2 aromatic carbocycles. The largest absolute Gasteiger partial charge is 0.569 e. The second kappa shape index (κ2) is 15.4. The molecular weight excluding hydrogens is 641 g/mol. The monoisotopic (exact) mass is 672 g/mol. The molecule has 46 heavy (non-hydrogen) atoms. The molecule has 1 aromatic heterocycles. The Morgan fingerprint density at radius 1 is 1.11 bits per heavy atom. The van der Waals surface area contributed by atoms with Gasteiger partial charge in [0.25, 0.3) is 16.8 Å². The topological polar surface area (TPSA) is 188 Å². The van der Waals surface area contributed by atoms with Crippen LogP contribution in [-0.4, -0.2) is 78.4 Å². The fourth-order valence-electron chi connectivity index (χ4n) is 3.63. The molecule has 0 spiro atoms. The molecule has 250 valence electrons. The number of aliphatic hydroxyl groups is 1. The van der Waals surface area contributed by atoms with Gasteiger partial charge in [0, 0.05) is 5.56 Å². The van der Waals surface area contributed by atoms with Gasteiger partial charge in [0.05, 0.1) is 33.8 Å². The predicted molar refractivity (Wildman–Crippen MR) is 152 cm³/mol. The van der Waals surface area contributed by atoms with Crippen molar-refractivity contribution >= 4 is 22.1 Å². The van der Waals surface area contributed by atoms with E-state index in [1.807, 2.05) is 6.92 Å². The number of hydrogen-bond donors (Lipinski definition) is 2. The normalized spacial score (nSPS) is 12.1. The second-order valence-corrected chi connectivity index (χ2v) is 11.5. The first kappa shape index (κ1) is 35.6. The average molecular weight is 673 g/mol. The Balaban J connectivity index is 1.64. The van der Waals surface area contributed by atoms with E-state index in [0.717, 1.165) is 33.5 Å². The first-order chi connectivity index (χ1) is 21.6. The van der Waals surface area contributed by atoms with Crippen LogP contribution in [0.3, 0.4) is 0 Å². The number of sulfonamides is 1. The van der Waals surface area contributed by atoms with E-state index in [4.69, 9.17) is 9.47 Å². The number of carbonyl (C=O) groups excluding carboxylic acids is 2. The van der Waals surface area contributed by atoms with Crippen LogP contribution in [0.15, 0.2) is 64.8 Å². The van der Waals surface area contributed by atoms with E-state index in [2.05, 4.69) is 15.2 Å². The minimum absolute atomic E-state index is 0.0828. The number of nitrogens with one attached hydrogen (secondary N) is 1. The van der Waals surface area contributed by atoms with E-state index in [-0.39, 0.29) is 29.4 Å². The zero-order valence-corrected chi connectivity index (χ0v) is 25.6. The number of rotatable bonds is 14. The molecule has 0 saturated heterocycles. The third kappa shape index (κ3) is 9.80. The van der Waals surface area contributed by atoms with Gasteiger partial charge in [0.15, 0.2) is 5.69 Å². The summed E-state index contributed by atoms with van der Waals surface area (Å²) in [6.07, 6.45) is -6.13. The first-order valence-electron chi connectivity index (χ1n) is 13.5. The van der Waals surface area contributed by atoms with Crippen LogP contribution in [0.25, 0.3) is 16.9 Å². The van der Waals surface area contributed by atoms with Gasteiger partial charge in [0.2, 0.25) is 5.28 Å². The number of aromatic nitrogens is 2. The van der Waals surface area contributed by atoms with Gasteiger partial charge in [0.1, 0.15) is 19.7 Å². The smallest absolute Gasteiger partial charge is 0.435 e. The Hall–Kier alpha value is -4.91. The van der Waals surface area contributed by atoms with E-state index < -0.39 is 64.8 Å². The van der Waals surface area contributed by atoms with Crippen molar-refractivity contribution in [1.82, 2.24) is 19.5 Å². The van der Waals surface area contributed by atoms with Crippen LogP contribution in [0.1, 0.15) is 25.1 Å². The molecule has 0 bridgehead atoms. The van der Waals surface area contributed by atoms with E-state index in [0.29, 0.717) is 5.56 Å². The van der Waals surface area contributed by atoms with Crippen LogP contribution in [0.2, 0.25) is 0 Å². The first-order valence-corrected chi connectivity index (χ1v) is 15.0. The molecule has 0 aliphatic carbocycles. The van der Waals surface area contributed by atoms with Gasteiger partial charge in [-0.2, -0.15) is 18.3 Å². The highest BCUT2D eigenvalue weighted by atomic mass is 32.2. The Morgan fingerprint density at radius 3 is 2.35 bits per heavy atom. The molecule has 1 heterocycles. The van der Waals surface area contributed by atoms with Crippen LogP contribution in [0, 0.1) is 18.0 Å². The molecule has 19 heteroatoms. The van der Waals surface area contributed by atoms with Crippen molar-refractivity contribution in [2.45, 2.75) is 31.8 Å². The highest BCUT2D eigenvalue weighted by Gasteiger charge is 2.35. The van der Waals surface area contributed by atoms with Crippen LogP contribution in [0.4, 0.5) is 18.0 Å². The van der Waals surface area contributed by atoms with Gasteiger partial charge in [-0.05, 0) is 37.3 Å². The number of aryl methyl sites for hydroxylation is 1. The molecule has 0 atom stereocenters. The van der Waals surface area contributed by atoms with E-state index in [9.17, 15) is 41.5 Å². The molecule has 0 aliphatic rings. The number of ether oxygens (including phenoxy) is 2. The van der Waals surface area contributed by atoms with Crippen LogP contribution in [0.5, 0.6) is 0 Å². The van der Waals surface area contributed by atoms with Crippen LogP contribution in [-0.2, 0) is 35.3 Å². The Labute approximate surface area is 261 Å².